The van der Waals surface area contributed by atoms with Crippen molar-refractivity contribution >= 4 is 61.6 Å². The van der Waals surface area contributed by atoms with Crippen LogP contribution in [0, 0.1) is 0 Å². The van der Waals surface area contributed by atoms with Gasteiger partial charge < -0.3 is 10.2 Å². The van der Waals surface area contributed by atoms with Crippen LogP contribution >= 0.6 is 34.4 Å². The predicted octanol–water partition coefficient (Wildman–Crippen LogP) is 3.39. The summed E-state index contributed by atoms with van der Waals surface area (Å²) in [7, 11) is 0. The highest BCUT2D eigenvalue weighted by molar-refractivity contribution is 8.01. The summed E-state index contributed by atoms with van der Waals surface area (Å²) < 4.78 is 2.06. The van der Waals surface area contributed by atoms with Crippen LogP contribution in [0.1, 0.15) is 17.5 Å². The van der Waals surface area contributed by atoms with E-state index in [-0.39, 0.29) is 11.8 Å². The second-order valence-electron chi connectivity index (χ2n) is 5.87. The number of fused-ring (bicyclic) bond motifs is 2. The van der Waals surface area contributed by atoms with Crippen LogP contribution < -0.4 is 5.32 Å². The summed E-state index contributed by atoms with van der Waals surface area (Å²) >= 11 is 4.55. The number of nitrogens with one attached hydrogen (secondary N) is 1. The third-order valence-corrected chi connectivity index (χ3v) is 7.12. The SMILES string of the molecule is CC(=O)Nc1nc2c(s1)CN(C(=O)CSc1nc3ccccc3s1)CC2. The average Bonchev–Trinajstić information content (AvgIpc) is 3.20. The molecule has 1 aliphatic heterocycles. The number of hydrogen-bond donors (Lipinski definition) is 1. The quantitative estimate of drug-likeness (QED) is 0.675. The number of thioether (sulfide) groups is 1. The van der Waals surface area contributed by atoms with Crippen LogP contribution in [0.4, 0.5) is 5.13 Å². The third kappa shape index (κ3) is 3.74. The van der Waals surface area contributed by atoms with Crippen LogP contribution in [-0.2, 0) is 22.6 Å². The van der Waals surface area contributed by atoms with Gasteiger partial charge in [-0.15, -0.1) is 11.3 Å². The van der Waals surface area contributed by atoms with Crippen molar-refractivity contribution in [3.05, 3.63) is 34.8 Å². The smallest absolute Gasteiger partial charge is 0.233 e. The van der Waals surface area contributed by atoms with Gasteiger partial charge in [0, 0.05) is 24.8 Å². The van der Waals surface area contributed by atoms with Gasteiger partial charge in [0.15, 0.2) is 9.47 Å². The zero-order valence-electron chi connectivity index (χ0n) is 14.0. The zero-order valence-corrected chi connectivity index (χ0v) is 16.5. The molecule has 2 aromatic heterocycles. The maximum Gasteiger partial charge on any atom is 0.233 e. The molecule has 1 N–H and O–H groups in total. The standard InChI is InChI=1S/C17H16N4O2S3/c1-10(22)18-16-19-12-6-7-21(8-14(12)25-16)15(23)9-24-17-20-11-4-2-3-5-13(11)26-17/h2-5H,6-9H2,1H3,(H,18,19,22). The molecule has 26 heavy (non-hydrogen) atoms. The molecule has 3 aromatic rings. The molecule has 1 aliphatic rings. The summed E-state index contributed by atoms with van der Waals surface area (Å²) in [4.78, 5) is 35.7. The maximum atomic E-state index is 12.6. The fourth-order valence-corrected chi connectivity index (χ4v) is 5.78. The molecule has 0 saturated carbocycles. The van der Waals surface area contributed by atoms with Gasteiger partial charge in [0.2, 0.25) is 11.8 Å². The first kappa shape index (κ1) is 17.4. The van der Waals surface area contributed by atoms with Crippen molar-refractivity contribution in [2.45, 2.75) is 24.2 Å². The Morgan fingerprint density at radius 2 is 2.12 bits per heavy atom. The van der Waals surface area contributed by atoms with Gasteiger partial charge >= 0.3 is 0 Å². The first-order valence-corrected chi connectivity index (χ1v) is 10.7. The Kier molecular flexibility index (Phi) is 4.92. The van der Waals surface area contributed by atoms with E-state index in [4.69, 9.17) is 0 Å². The summed E-state index contributed by atoms with van der Waals surface area (Å²) in [6.07, 6.45) is 0.725. The van der Waals surface area contributed by atoms with Gasteiger partial charge in [-0.1, -0.05) is 35.2 Å². The van der Waals surface area contributed by atoms with Crippen molar-refractivity contribution in [3.8, 4) is 0 Å². The van der Waals surface area contributed by atoms with Crippen LogP contribution in [-0.4, -0.2) is 39.0 Å². The van der Waals surface area contributed by atoms with Crippen LogP contribution in [0.5, 0.6) is 0 Å². The van der Waals surface area contributed by atoms with E-state index in [2.05, 4.69) is 15.3 Å². The van der Waals surface area contributed by atoms with Gasteiger partial charge in [-0.25, -0.2) is 9.97 Å². The molecule has 134 valence electrons. The topological polar surface area (TPSA) is 75.2 Å². The van der Waals surface area contributed by atoms with Crippen LogP contribution in [0.3, 0.4) is 0 Å². The monoisotopic (exact) mass is 404 g/mol. The second-order valence-corrected chi connectivity index (χ2v) is 9.21. The minimum Gasteiger partial charge on any atom is -0.336 e. The fourth-order valence-electron chi connectivity index (χ4n) is 2.74. The molecule has 2 amide bonds. The summed E-state index contributed by atoms with van der Waals surface area (Å²) in [6.45, 7) is 2.69. The van der Waals surface area contributed by atoms with Crippen molar-refractivity contribution in [1.29, 1.82) is 0 Å². The molecule has 0 unspecified atom stereocenters. The molecule has 0 spiro atoms. The minimum atomic E-state index is -0.128. The number of rotatable bonds is 4. The van der Waals surface area contributed by atoms with Crippen molar-refractivity contribution in [2.75, 3.05) is 17.6 Å². The number of carbonyl (C=O) groups excluding carboxylic acids is 2. The second kappa shape index (κ2) is 7.34. The largest absolute Gasteiger partial charge is 0.336 e. The zero-order chi connectivity index (χ0) is 18.1. The van der Waals surface area contributed by atoms with E-state index in [1.54, 1.807) is 11.3 Å². The first-order valence-electron chi connectivity index (χ1n) is 8.11. The molecule has 0 fully saturated rings. The lowest BCUT2D eigenvalue weighted by atomic mass is 10.2. The lowest BCUT2D eigenvalue weighted by Gasteiger charge is -2.25. The van der Waals surface area contributed by atoms with Gasteiger partial charge in [0.1, 0.15) is 0 Å². The molecule has 0 radical (unpaired) electrons. The molecular weight excluding hydrogens is 388 g/mol. The summed E-state index contributed by atoms with van der Waals surface area (Å²) in [5.41, 5.74) is 1.96. The Morgan fingerprint density at radius 1 is 1.27 bits per heavy atom. The van der Waals surface area contributed by atoms with E-state index in [1.165, 1.54) is 30.0 Å². The molecule has 9 heteroatoms. The number of nitrogens with zero attached hydrogens (tertiary/aromatic N) is 3. The van der Waals surface area contributed by atoms with Crippen LogP contribution in [0.25, 0.3) is 10.2 Å². The number of amides is 2. The normalized spacial score (nSPS) is 13.7. The third-order valence-electron chi connectivity index (χ3n) is 3.96. The van der Waals surface area contributed by atoms with E-state index in [9.17, 15) is 9.59 Å². The number of thiazole rings is 2. The molecule has 0 aliphatic carbocycles. The van der Waals surface area contributed by atoms with Gasteiger partial charge in [0.05, 0.1) is 28.2 Å². The lowest BCUT2D eigenvalue weighted by molar-refractivity contribution is -0.129. The lowest BCUT2D eigenvalue weighted by Crippen LogP contribution is -2.36. The van der Waals surface area contributed by atoms with Crippen molar-refractivity contribution in [3.63, 3.8) is 0 Å². The summed E-state index contributed by atoms with van der Waals surface area (Å²) in [5, 5.41) is 3.33. The minimum absolute atomic E-state index is 0.106. The van der Waals surface area contributed by atoms with E-state index in [0.29, 0.717) is 24.0 Å². The fraction of sp³-hybridized carbons (Fsp3) is 0.294. The first-order chi connectivity index (χ1) is 12.6. The van der Waals surface area contributed by atoms with Gasteiger partial charge in [-0.05, 0) is 12.1 Å². The molecular formula is C17H16N4O2S3. The molecule has 0 bridgehead atoms. The Labute approximate surface area is 162 Å². The van der Waals surface area contributed by atoms with E-state index >= 15 is 0 Å². The summed E-state index contributed by atoms with van der Waals surface area (Å²) in [5.74, 6) is 0.359. The van der Waals surface area contributed by atoms with E-state index in [0.717, 1.165) is 31.5 Å². The molecule has 0 atom stereocenters. The Balaban J connectivity index is 1.38. The summed E-state index contributed by atoms with van der Waals surface area (Å²) in [6, 6.07) is 7.99. The highest BCUT2D eigenvalue weighted by atomic mass is 32.2. The highest BCUT2D eigenvalue weighted by Crippen LogP contribution is 2.31. The molecule has 0 saturated heterocycles. The van der Waals surface area contributed by atoms with Crippen molar-refractivity contribution in [2.24, 2.45) is 0 Å². The average molecular weight is 405 g/mol. The number of anilines is 1. The highest BCUT2D eigenvalue weighted by Gasteiger charge is 2.24. The van der Waals surface area contributed by atoms with E-state index < -0.39 is 0 Å². The number of para-hydroxylation sites is 1. The van der Waals surface area contributed by atoms with Crippen LogP contribution in [0.2, 0.25) is 0 Å². The van der Waals surface area contributed by atoms with Gasteiger partial charge in [-0.2, -0.15) is 0 Å². The van der Waals surface area contributed by atoms with Gasteiger partial charge in [-0.3, -0.25) is 9.59 Å². The van der Waals surface area contributed by atoms with Crippen LogP contribution in [0.15, 0.2) is 28.6 Å². The van der Waals surface area contributed by atoms with Crippen molar-refractivity contribution in [1.82, 2.24) is 14.9 Å². The molecule has 6 nitrogen and oxygen atoms in total. The number of hydrogen-bond acceptors (Lipinski definition) is 7. The number of aromatic nitrogens is 2. The molecule has 1 aromatic carbocycles. The Bertz CT molecular complexity index is 948. The van der Waals surface area contributed by atoms with Crippen molar-refractivity contribution < 1.29 is 9.59 Å². The Hall–Kier alpha value is -1.97. The molecule has 3 heterocycles. The van der Waals surface area contributed by atoms with Gasteiger partial charge in [0.25, 0.3) is 0 Å². The molecule has 4 rings (SSSR count). The Morgan fingerprint density at radius 3 is 2.92 bits per heavy atom. The maximum absolute atomic E-state index is 12.6. The number of benzene rings is 1. The van der Waals surface area contributed by atoms with E-state index in [1.807, 2.05) is 29.2 Å². The number of carbonyl (C=O) groups is 2. The predicted molar refractivity (Wildman–Crippen MR) is 106 cm³/mol.